The smallest absolute Gasteiger partial charge is 0.0794 e. The molecular weight excluding hydrogens is 258 g/mol. The number of thiophene rings is 1. The van der Waals surface area contributed by atoms with Crippen LogP contribution >= 0.6 is 11.3 Å². The molecule has 0 radical (unpaired) electrons. The van der Waals surface area contributed by atoms with E-state index in [1.54, 1.807) is 11.3 Å². The first-order chi connectivity index (χ1) is 9.22. The number of aliphatic hydroxyl groups is 1. The number of aromatic amines is 1. The van der Waals surface area contributed by atoms with Crippen molar-refractivity contribution in [2.45, 2.75) is 32.9 Å². The van der Waals surface area contributed by atoms with Gasteiger partial charge < -0.3 is 10.4 Å². The molecule has 2 heterocycles. The maximum atomic E-state index is 9.92. The van der Waals surface area contributed by atoms with Gasteiger partial charge in [-0.15, -0.1) is 11.3 Å². The third-order valence-corrected chi connectivity index (χ3v) is 4.34. The van der Waals surface area contributed by atoms with E-state index >= 15 is 0 Å². The van der Waals surface area contributed by atoms with Crippen molar-refractivity contribution in [2.24, 2.45) is 5.92 Å². The van der Waals surface area contributed by atoms with Gasteiger partial charge in [0.05, 0.1) is 22.9 Å². The molecule has 2 unspecified atom stereocenters. The largest absolute Gasteiger partial charge is 0.392 e. The van der Waals surface area contributed by atoms with E-state index in [0.717, 1.165) is 24.2 Å². The number of H-pyrrole nitrogens is 1. The summed E-state index contributed by atoms with van der Waals surface area (Å²) >= 11 is 1.69. The second kappa shape index (κ2) is 6.84. The Labute approximate surface area is 117 Å². The maximum Gasteiger partial charge on any atom is 0.0794 e. The molecule has 0 fully saturated rings. The van der Waals surface area contributed by atoms with E-state index in [1.807, 2.05) is 12.3 Å². The Bertz CT molecular complexity index is 481. The fraction of sp³-hybridized carbons (Fsp3) is 0.500. The van der Waals surface area contributed by atoms with Gasteiger partial charge in [-0.1, -0.05) is 26.3 Å². The van der Waals surface area contributed by atoms with Crippen molar-refractivity contribution in [3.05, 3.63) is 29.3 Å². The number of nitrogens with one attached hydrogen (secondary N) is 2. The lowest BCUT2D eigenvalue weighted by Gasteiger charge is -2.17. The molecule has 2 aromatic heterocycles. The van der Waals surface area contributed by atoms with Crippen LogP contribution in [-0.2, 0) is 6.54 Å². The van der Waals surface area contributed by atoms with E-state index < -0.39 is 0 Å². The molecule has 104 valence electrons. The summed E-state index contributed by atoms with van der Waals surface area (Å²) in [6, 6.07) is 4.11. The molecule has 0 saturated heterocycles. The SMILES string of the molecule is CCC(C)C(O)CNCc1cn[nH]c1-c1cccs1. The van der Waals surface area contributed by atoms with E-state index in [4.69, 9.17) is 0 Å². The van der Waals surface area contributed by atoms with Crippen LogP contribution in [0.2, 0.25) is 0 Å². The van der Waals surface area contributed by atoms with Gasteiger partial charge in [0.25, 0.3) is 0 Å². The molecule has 5 heteroatoms. The summed E-state index contributed by atoms with van der Waals surface area (Å²) in [5.74, 6) is 0.327. The van der Waals surface area contributed by atoms with E-state index in [2.05, 4.69) is 40.8 Å². The van der Waals surface area contributed by atoms with Crippen molar-refractivity contribution in [1.29, 1.82) is 0 Å². The van der Waals surface area contributed by atoms with E-state index in [-0.39, 0.29) is 6.10 Å². The fourth-order valence-corrected chi connectivity index (χ4v) is 2.66. The van der Waals surface area contributed by atoms with Crippen LogP contribution in [0.3, 0.4) is 0 Å². The lowest BCUT2D eigenvalue weighted by molar-refractivity contribution is 0.113. The standard InChI is InChI=1S/C14H21N3OS/c1-3-10(2)12(18)9-15-7-11-8-16-17-14(11)13-5-4-6-19-13/h4-6,8,10,12,15,18H,3,7,9H2,1-2H3,(H,16,17). The summed E-state index contributed by atoms with van der Waals surface area (Å²) in [5, 5.41) is 22.4. The molecule has 2 aromatic rings. The second-order valence-corrected chi connectivity index (χ2v) is 5.78. The molecule has 2 rings (SSSR count). The van der Waals surface area contributed by atoms with Crippen molar-refractivity contribution >= 4 is 11.3 Å². The first kappa shape index (κ1) is 14.2. The van der Waals surface area contributed by atoms with Crippen LogP contribution in [0.25, 0.3) is 10.6 Å². The second-order valence-electron chi connectivity index (χ2n) is 4.83. The van der Waals surface area contributed by atoms with Gasteiger partial charge in [0.2, 0.25) is 0 Å². The maximum absolute atomic E-state index is 9.92. The zero-order valence-corrected chi connectivity index (χ0v) is 12.2. The van der Waals surface area contributed by atoms with Crippen LogP contribution < -0.4 is 5.32 Å². The molecule has 0 bridgehead atoms. The molecular formula is C14H21N3OS. The van der Waals surface area contributed by atoms with Crippen LogP contribution in [0.1, 0.15) is 25.8 Å². The highest BCUT2D eigenvalue weighted by Crippen LogP contribution is 2.25. The Morgan fingerprint density at radius 1 is 1.53 bits per heavy atom. The van der Waals surface area contributed by atoms with Crippen molar-refractivity contribution in [1.82, 2.24) is 15.5 Å². The Hall–Kier alpha value is -1.17. The van der Waals surface area contributed by atoms with Crippen LogP contribution in [0, 0.1) is 5.92 Å². The average Bonchev–Trinajstić information content (AvgIpc) is 3.07. The van der Waals surface area contributed by atoms with Crippen LogP contribution in [0.5, 0.6) is 0 Å². The average molecular weight is 279 g/mol. The van der Waals surface area contributed by atoms with Gasteiger partial charge in [0, 0.05) is 18.7 Å². The van der Waals surface area contributed by atoms with Gasteiger partial charge in [-0.25, -0.2) is 0 Å². The number of aliphatic hydroxyl groups excluding tert-OH is 1. The van der Waals surface area contributed by atoms with Gasteiger partial charge >= 0.3 is 0 Å². The van der Waals surface area contributed by atoms with Gasteiger partial charge in [-0.3, -0.25) is 5.10 Å². The van der Waals surface area contributed by atoms with Crippen LogP contribution in [0.4, 0.5) is 0 Å². The summed E-state index contributed by atoms with van der Waals surface area (Å²) in [4.78, 5) is 1.19. The Kier molecular flexibility index (Phi) is 5.13. The van der Waals surface area contributed by atoms with E-state index in [0.29, 0.717) is 12.5 Å². The van der Waals surface area contributed by atoms with E-state index in [9.17, 15) is 5.11 Å². The number of rotatable bonds is 7. The minimum absolute atomic E-state index is 0.290. The van der Waals surface area contributed by atoms with Crippen molar-refractivity contribution in [3.8, 4) is 10.6 Å². The van der Waals surface area contributed by atoms with Gasteiger partial charge in [-0.2, -0.15) is 5.10 Å². The monoisotopic (exact) mass is 279 g/mol. The lowest BCUT2D eigenvalue weighted by Crippen LogP contribution is -2.31. The zero-order valence-electron chi connectivity index (χ0n) is 11.4. The minimum Gasteiger partial charge on any atom is -0.392 e. The van der Waals surface area contributed by atoms with Gasteiger partial charge in [0.15, 0.2) is 0 Å². The molecule has 0 saturated carbocycles. The Balaban J connectivity index is 1.89. The summed E-state index contributed by atoms with van der Waals surface area (Å²) in [7, 11) is 0. The first-order valence-corrected chi connectivity index (χ1v) is 7.55. The molecule has 0 aliphatic rings. The van der Waals surface area contributed by atoms with E-state index in [1.165, 1.54) is 4.88 Å². The van der Waals surface area contributed by atoms with Crippen molar-refractivity contribution < 1.29 is 5.11 Å². The van der Waals surface area contributed by atoms with Crippen molar-refractivity contribution in [3.63, 3.8) is 0 Å². The molecule has 0 amide bonds. The quantitative estimate of drug-likeness (QED) is 0.730. The Morgan fingerprint density at radius 3 is 3.05 bits per heavy atom. The fourth-order valence-electron chi connectivity index (χ4n) is 1.91. The lowest BCUT2D eigenvalue weighted by atomic mass is 10.0. The normalized spacial score (nSPS) is 14.5. The van der Waals surface area contributed by atoms with Gasteiger partial charge in [-0.05, 0) is 17.4 Å². The predicted molar refractivity (Wildman–Crippen MR) is 79.1 cm³/mol. The van der Waals surface area contributed by atoms with Crippen LogP contribution in [-0.4, -0.2) is 28.0 Å². The third kappa shape index (κ3) is 3.65. The molecule has 0 aromatic carbocycles. The molecule has 4 nitrogen and oxygen atoms in total. The molecule has 19 heavy (non-hydrogen) atoms. The molecule has 0 aliphatic heterocycles. The highest BCUT2D eigenvalue weighted by molar-refractivity contribution is 7.13. The molecule has 0 aliphatic carbocycles. The third-order valence-electron chi connectivity index (χ3n) is 3.46. The first-order valence-electron chi connectivity index (χ1n) is 6.67. The molecule has 2 atom stereocenters. The predicted octanol–water partition coefficient (Wildman–Crippen LogP) is 2.63. The highest BCUT2D eigenvalue weighted by atomic mass is 32.1. The number of aromatic nitrogens is 2. The molecule has 3 N–H and O–H groups in total. The minimum atomic E-state index is -0.290. The van der Waals surface area contributed by atoms with Gasteiger partial charge in [0.1, 0.15) is 0 Å². The topological polar surface area (TPSA) is 60.9 Å². The summed E-state index contributed by atoms with van der Waals surface area (Å²) in [6.45, 7) is 5.50. The number of nitrogens with zero attached hydrogens (tertiary/aromatic N) is 1. The molecule has 0 spiro atoms. The van der Waals surface area contributed by atoms with Crippen LogP contribution in [0.15, 0.2) is 23.7 Å². The number of hydrogen-bond donors (Lipinski definition) is 3. The number of hydrogen-bond acceptors (Lipinski definition) is 4. The van der Waals surface area contributed by atoms with Crippen molar-refractivity contribution in [2.75, 3.05) is 6.54 Å². The summed E-state index contributed by atoms with van der Waals surface area (Å²) < 4.78 is 0. The summed E-state index contributed by atoms with van der Waals surface area (Å²) in [6.07, 6.45) is 2.55. The Morgan fingerprint density at radius 2 is 2.37 bits per heavy atom. The zero-order chi connectivity index (χ0) is 13.7. The highest BCUT2D eigenvalue weighted by Gasteiger charge is 2.13. The summed E-state index contributed by atoms with van der Waals surface area (Å²) in [5.41, 5.74) is 2.21.